The third-order valence-electron chi connectivity index (χ3n) is 4.51. The fourth-order valence-corrected chi connectivity index (χ4v) is 3.27. The number of rotatable bonds is 7. The number of halogens is 1. The van der Waals surface area contributed by atoms with Crippen LogP contribution in [-0.2, 0) is 22.6 Å². The first-order chi connectivity index (χ1) is 14.4. The van der Waals surface area contributed by atoms with E-state index in [1.807, 2.05) is 6.92 Å². The van der Waals surface area contributed by atoms with Gasteiger partial charge in [-0.1, -0.05) is 30.7 Å². The Bertz CT molecular complexity index is 1150. The lowest BCUT2D eigenvalue weighted by molar-refractivity contribution is -0.143. The lowest BCUT2D eigenvalue weighted by Crippen LogP contribution is -2.30. The molecule has 0 unspecified atom stereocenters. The van der Waals surface area contributed by atoms with Gasteiger partial charge in [0.2, 0.25) is 0 Å². The number of nitrogens with one attached hydrogen (secondary N) is 1. The zero-order valence-corrected chi connectivity index (χ0v) is 17.2. The van der Waals surface area contributed by atoms with Gasteiger partial charge >= 0.3 is 11.6 Å². The zero-order chi connectivity index (χ0) is 21.7. The third-order valence-corrected chi connectivity index (χ3v) is 4.86. The fraction of sp³-hybridized carbons (Fsp3) is 0.227. The number of esters is 1. The number of para-hydroxylation sites is 1. The minimum Gasteiger partial charge on any atom is -0.496 e. The number of methoxy groups -OCH3 is 1. The number of benzene rings is 2. The van der Waals surface area contributed by atoms with Crippen molar-refractivity contribution in [3.05, 3.63) is 74.6 Å². The molecule has 0 aliphatic heterocycles. The van der Waals surface area contributed by atoms with E-state index in [1.165, 1.54) is 13.2 Å². The summed E-state index contributed by atoms with van der Waals surface area (Å²) in [5.74, 6) is -0.723. The molecule has 0 aliphatic rings. The lowest BCUT2D eigenvalue weighted by Gasteiger charge is -2.11. The van der Waals surface area contributed by atoms with Crippen LogP contribution in [0.15, 0.2) is 51.7 Å². The van der Waals surface area contributed by atoms with Crippen molar-refractivity contribution in [2.45, 2.75) is 20.0 Å². The third kappa shape index (κ3) is 4.80. The number of ether oxygens (including phenoxy) is 2. The molecule has 2 aromatic carbocycles. The highest BCUT2D eigenvalue weighted by Gasteiger charge is 2.15. The number of hydrogen-bond donors (Lipinski definition) is 1. The van der Waals surface area contributed by atoms with Gasteiger partial charge in [-0.05, 0) is 36.2 Å². The predicted octanol–water partition coefficient (Wildman–Crippen LogP) is 3.49. The van der Waals surface area contributed by atoms with Crippen molar-refractivity contribution in [1.82, 2.24) is 5.32 Å². The van der Waals surface area contributed by atoms with E-state index in [4.69, 9.17) is 25.5 Å². The van der Waals surface area contributed by atoms with Gasteiger partial charge in [-0.25, -0.2) is 4.79 Å². The SMILES string of the molecule is CCc1cc2oc(=O)cc(COC(=O)CNC(=O)c3ccccc3OC)c2cc1Cl. The molecule has 3 rings (SSSR count). The monoisotopic (exact) mass is 429 g/mol. The summed E-state index contributed by atoms with van der Waals surface area (Å²) in [7, 11) is 1.46. The van der Waals surface area contributed by atoms with E-state index in [0.29, 0.717) is 39.3 Å². The van der Waals surface area contributed by atoms with Crippen LogP contribution in [0.2, 0.25) is 5.02 Å². The summed E-state index contributed by atoms with van der Waals surface area (Å²) in [5.41, 5.74) is 1.44. The maximum atomic E-state index is 12.3. The predicted molar refractivity (Wildman–Crippen MR) is 112 cm³/mol. The Kier molecular flexibility index (Phi) is 6.74. The molecule has 156 valence electrons. The van der Waals surface area contributed by atoms with Crippen LogP contribution in [0.1, 0.15) is 28.4 Å². The molecule has 1 N–H and O–H groups in total. The molecule has 0 bridgehead atoms. The Balaban J connectivity index is 1.67. The van der Waals surface area contributed by atoms with Crippen LogP contribution in [0.3, 0.4) is 0 Å². The van der Waals surface area contributed by atoms with E-state index in [-0.39, 0.29) is 13.2 Å². The van der Waals surface area contributed by atoms with Crippen molar-refractivity contribution in [3.8, 4) is 5.75 Å². The Morgan fingerprint density at radius 3 is 2.63 bits per heavy atom. The van der Waals surface area contributed by atoms with Gasteiger partial charge in [0.1, 0.15) is 24.5 Å². The molecule has 0 aliphatic carbocycles. The Labute approximate surface area is 177 Å². The van der Waals surface area contributed by atoms with Gasteiger partial charge in [0.15, 0.2) is 0 Å². The van der Waals surface area contributed by atoms with Crippen LogP contribution in [-0.4, -0.2) is 25.5 Å². The van der Waals surface area contributed by atoms with Crippen LogP contribution in [0.5, 0.6) is 5.75 Å². The van der Waals surface area contributed by atoms with Crippen molar-refractivity contribution in [3.63, 3.8) is 0 Å². The molecule has 0 atom stereocenters. The van der Waals surface area contributed by atoms with Gasteiger partial charge in [0.05, 0.1) is 12.7 Å². The fourth-order valence-electron chi connectivity index (χ4n) is 2.97. The van der Waals surface area contributed by atoms with Crippen molar-refractivity contribution < 1.29 is 23.5 Å². The van der Waals surface area contributed by atoms with Gasteiger partial charge in [-0.15, -0.1) is 0 Å². The van der Waals surface area contributed by atoms with E-state index in [9.17, 15) is 14.4 Å². The molecule has 0 saturated heterocycles. The van der Waals surface area contributed by atoms with Gasteiger partial charge in [0.25, 0.3) is 5.91 Å². The van der Waals surface area contributed by atoms with Crippen molar-refractivity contribution >= 4 is 34.4 Å². The number of fused-ring (bicyclic) bond motifs is 1. The summed E-state index contributed by atoms with van der Waals surface area (Å²) < 4.78 is 15.6. The molecule has 0 spiro atoms. The highest BCUT2D eigenvalue weighted by Crippen LogP contribution is 2.26. The van der Waals surface area contributed by atoms with Crippen LogP contribution in [0.4, 0.5) is 0 Å². The molecule has 0 radical (unpaired) electrons. The second kappa shape index (κ2) is 9.45. The molecule has 0 fully saturated rings. The maximum absolute atomic E-state index is 12.3. The quantitative estimate of drug-likeness (QED) is 0.456. The van der Waals surface area contributed by atoms with E-state index in [1.54, 1.807) is 36.4 Å². The molecule has 1 amide bonds. The number of carbonyl (C=O) groups excluding carboxylic acids is 2. The molecule has 30 heavy (non-hydrogen) atoms. The molecule has 7 nitrogen and oxygen atoms in total. The van der Waals surface area contributed by atoms with Crippen molar-refractivity contribution in [2.24, 2.45) is 0 Å². The Hall–Kier alpha value is -3.32. The van der Waals surface area contributed by atoms with E-state index in [0.717, 1.165) is 5.56 Å². The highest BCUT2D eigenvalue weighted by atomic mass is 35.5. The molecule has 1 aromatic heterocycles. The number of amides is 1. The topological polar surface area (TPSA) is 94.8 Å². The molecule has 3 aromatic rings. The van der Waals surface area contributed by atoms with Gasteiger partial charge < -0.3 is 19.2 Å². The minimum atomic E-state index is -0.657. The van der Waals surface area contributed by atoms with Crippen LogP contribution >= 0.6 is 11.6 Å². The van der Waals surface area contributed by atoms with Crippen molar-refractivity contribution in [2.75, 3.05) is 13.7 Å². The average molecular weight is 430 g/mol. The first-order valence-electron chi connectivity index (χ1n) is 9.25. The Morgan fingerprint density at radius 1 is 1.13 bits per heavy atom. The number of aryl methyl sites for hydroxylation is 1. The van der Waals surface area contributed by atoms with E-state index >= 15 is 0 Å². The van der Waals surface area contributed by atoms with E-state index in [2.05, 4.69) is 5.32 Å². The van der Waals surface area contributed by atoms with Crippen molar-refractivity contribution in [1.29, 1.82) is 0 Å². The van der Waals surface area contributed by atoms with Crippen LogP contribution < -0.4 is 15.7 Å². The molecule has 1 heterocycles. The first kappa shape index (κ1) is 21.4. The summed E-state index contributed by atoms with van der Waals surface area (Å²) in [5, 5.41) is 3.61. The second-order valence-electron chi connectivity index (χ2n) is 6.43. The lowest BCUT2D eigenvalue weighted by atomic mass is 10.1. The smallest absolute Gasteiger partial charge is 0.336 e. The average Bonchev–Trinajstić information content (AvgIpc) is 2.75. The standard InChI is InChI=1S/C22H20ClNO6/c1-3-13-8-19-16(10-17(13)23)14(9-20(25)30-19)12-29-21(26)11-24-22(27)15-6-4-5-7-18(15)28-2/h4-10H,3,11-12H2,1-2H3,(H,24,27). The normalized spacial score (nSPS) is 10.6. The number of carbonyl (C=O) groups is 2. The number of hydrogen-bond acceptors (Lipinski definition) is 6. The maximum Gasteiger partial charge on any atom is 0.336 e. The first-order valence-corrected chi connectivity index (χ1v) is 9.62. The van der Waals surface area contributed by atoms with Gasteiger partial charge in [-0.2, -0.15) is 0 Å². The molecular weight excluding hydrogens is 410 g/mol. The minimum absolute atomic E-state index is 0.159. The highest BCUT2D eigenvalue weighted by molar-refractivity contribution is 6.32. The Morgan fingerprint density at radius 2 is 1.90 bits per heavy atom. The molecular formula is C22H20ClNO6. The molecule has 8 heteroatoms. The zero-order valence-electron chi connectivity index (χ0n) is 16.5. The summed E-state index contributed by atoms with van der Waals surface area (Å²) in [6.07, 6.45) is 0.684. The van der Waals surface area contributed by atoms with Gasteiger partial charge in [0, 0.05) is 22.0 Å². The largest absolute Gasteiger partial charge is 0.496 e. The van der Waals surface area contributed by atoms with Crippen LogP contribution in [0.25, 0.3) is 11.0 Å². The van der Waals surface area contributed by atoms with Crippen LogP contribution in [0, 0.1) is 0 Å². The summed E-state index contributed by atoms with van der Waals surface area (Å²) in [6, 6.07) is 11.3. The molecule has 0 saturated carbocycles. The summed E-state index contributed by atoms with van der Waals surface area (Å²) >= 11 is 6.26. The second-order valence-corrected chi connectivity index (χ2v) is 6.83. The van der Waals surface area contributed by atoms with Gasteiger partial charge in [-0.3, -0.25) is 9.59 Å². The summed E-state index contributed by atoms with van der Waals surface area (Å²) in [6.45, 7) is 1.44. The van der Waals surface area contributed by atoms with E-state index < -0.39 is 17.5 Å². The summed E-state index contributed by atoms with van der Waals surface area (Å²) in [4.78, 5) is 36.2.